The largest absolute Gasteiger partial charge is 0.346 e. The van der Waals surface area contributed by atoms with E-state index < -0.39 is 0 Å². The van der Waals surface area contributed by atoms with Crippen molar-refractivity contribution in [1.82, 2.24) is 9.97 Å². The molecule has 0 saturated heterocycles. The minimum Gasteiger partial charge on any atom is -0.346 e. The fourth-order valence-electron chi connectivity index (χ4n) is 2.76. The van der Waals surface area contributed by atoms with Crippen molar-refractivity contribution in [3.8, 4) is 0 Å². The molecule has 1 aliphatic rings. The molecule has 3 aromatic rings. The van der Waals surface area contributed by atoms with Crippen molar-refractivity contribution < 1.29 is 4.79 Å². The van der Waals surface area contributed by atoms with Crippen LogP contribution >= 0.6 is 0 Å². The van der Waals surface area contributed by atoms with E-state index in [1.54, 1.807) is 6.20 Å². The molecule has 108 valence electrons. The monoisotopic (exact) mass is 290 g/mol. The quantitative estimate of drug-likeness (QED) is 0.634. The highest BCUT2D eigenvalue weighted by atomic mass is 16.2. The first-order valence-corrected chi connectivity index (χ1v) is 7.05. The van der Waals surface area contributed by atoms with Gasteiger partial charge in [0.15, 0.2) is 0 Å². The van der Waals surface area contributed by atoms with Gasteiger partial charge in [0.25, 0.3) is 5.91 Å². The van der Waals surface area contributed by atoms with E-state index in [2.05, 4.69) is 15.3 Å². The first-order valence-electron chi connectivity index (χ1n) is 7.05. The van der Waals surface area contributed by atoms with Gasteiger partial charge in [-0.25, -0.2) is 4.98 Å². The summed E-state index contributed by atoms with van der Waals surface area (Å²) >= 11 is 0. The molecule has 0 fully saturated rings. The summed E-state index contributed by atoms with van der Waals surface area (Å²) in [6.07, 6.45) is 5.49. The maximum atomic E-state index is 12.3. The molecule has 0 radical (unpaired) electrons. The van der Waals surface area contributed by atoms with Crippen LogP contribution in [-0.4, -0.2) is 15.9 Å². The number of amides is 1. The number of hydrogen-bond acceptors (Lipinski definition) is 3. The lowest BCUT2D eigenvalue weighted by molar-refractivity contribution is -0.110. The van der Waals surface area contributed by atoms with Gasteiger partial charge in [-0.2, -0.15) is 0 Å². The third kappa shape index (κ3) is 1.91. The second-order valence-electron chi connectivity index (χ2n) is 5.24. The third-order valence-corrected chi connectivity index (χ3v) is 3.89. The molecule has 5 nitrogen and oxygen atoms in total. The smallest absolute Gasteiger partial charge is 0.256 e. The van der Waals surface area contributed by atoms with Crippen LogP contribution in [0.3, 0.4) is 0 Å². The van der Waals surface area contributed by atoms with E-state index in [9.17, 15) is 4.79 Å². The first-order chi connectivity index (χ1) is 10.8. The minimum absolute atomic E-state index is 0.0950. The zero-order chi connectivity index (χ0) is 15.1. The number of nitrogens with zero attached hydrogens (tertiary/aromatic N) is 1. The Bertz CT molecular complexity index is 923. The molecule has 4 rings (SSSR count). The van der Waals surface area contributed by atoms with Crippen LogP contribution in [0.25, 0.3) is 22.7 Å². The maximum absolute atomic E-state index is 12.3. The number of rotatable bonds is 2. The van der Waals surface area contributed by atoms with Crippen molar-refractivity contribution in [2.24, 2.45) is 5.73 Å². The molecule has 3 heterocycles. The van der Waals surface area contributed by atoms with Gasteiger partial charge >= 0.3 is 0 Å². The number of pyridine rings is 1. The van der Waals surface area contributed by atoms with Gasteiger partial charge in [0, 0.05) is 46.7 Å². The fraction of sp³-hybridized carbons (Fsp3) is 0.0588. The van der Waals surface area contributed by atoms with Crippen molar-refractivity contribution in [3.05, 3.63) is 59.4 Å². The van der Waals surface area contributed by atoms with Crippen molar-refractivity contribution in [1.29, 1.82) is 0 Å². The molecule has 1 aromatic carbocycles. The predicted molar refractivity (Wildman–Crippen MR) is 86.9 cm³/mol. The van der Waals surface area contributed by atoms with Gasteiger partial charge < -0.3 is 16.0 Å². The summed E-state index contributed by atoms with van der Waals surface area (Å²) in [5.74, 6) is -0.0950. The Morgan fingerprint density at radius 2 is 2.18 bits per heavy atom. The number of aromatic amines is 1. The van der Waals surface area contributed by atoms with Gasteiger partial charge in [0.2, 0.25) is 0 Å². The van der Waals surface area contributed by atoms with Gasteiger partial charge in [-0.05, 0) is 35.9 Å². The van der Waals surface area contributed by atoms with E-state index in [4.69, 9.17) is 5.73 Å². The van der Waals surface area contributed by atoms with Crippen LogP contribution in [0.15, 0.2) is 42.7 Å². The Hall–Kier alpha value is -2.92. The Kier molecular flexibility index (Phi) is 2.80. The zero-order valence-electron chi connectivity index (χ0n) is 11.8. The van der Waals surface area contributed by atoms with E-state index in [-0.39, 0.29) is 5.91 Å². The van der Waals surface area contributed by atoms with Crippen LogP contribution in [-0.2, 0) is 11.3 Å². The number of H-pyrrole nitrogens is 1. The van der Waals surface area contributed by atoms with Crippen LogP contribution < -0.4 is 11.1 Å². The lowest BCUT2D eigenvalue weighted by atomic mass is 10.0. The molecule has 2 aromatic heterocycles. The summed E-state index contributed by atoms with van der Waals surface area (Å²) in [5.41, 5.74) is 10.8. The van der Waals surface area contributed by atoms with Crippen molar-refractivity contribution in [2.75, 3.05) is 5.32 Å². The van der Waals surface area contributed by atoms with E-state index in [1.807, 2.05) is 42.6 Å². The van der Waals surface area contributed by atoms with E-state index in [0.717, 1.165) is 33.4 Å². The Labute approximate surface area is 126 Å². The van der Waals surface area contributed by atoms with Gasteiger partial charge in [-0.3, -0.25) is 4.79 Å². The summed E-state index contributed by atoms with van der Waals surface area (Å²) in [4.78, 5) is 19.6. The normalized spacial score (nSPS) is 15.3. The minimum atomic E-state index is -0.0950. The Morgan fingerprint density at radius 1 is 1.27 bits per heavy atom. The van der Waals surface area contributed by atoms with Crippen molar-refractivity contribution in [2.45, 2.75) is 6.54 Å². The summed E-state index contributed by atoms with van der Waals surface area (Å²) in [7, 11) is 0. The summed E-state index contributed by atoms with van der Waals surface area (Å²) in [5, 5.41) is 3.88. The molecule has 0 unspecified atom stereocenters. The van der Waals surface area contributed by atoms with Gasteiger partial charge in [-0.1, -0.05) is 6.07 Å². The topological polar surface area (TPSA) is 83.8 Å². The predicted octanol–water partition coefficient (Wildman–Crippen LogP) is 2.51. The molecule has 1 aliphatic heterocycles. The maximum Gasteiger partial charge on any atom is 0.256 e. The average Bonchev–Trinajstić information content (AvgIpc) is 3.09. The molecule has 5 heteroatoms. The van der Waals surface area contributed by atoms with Crippen LogP contribution in [0.2, 0.25) is 0 Å². The second-order valence-corrected chi connectivity index (χ2v) is 5.24. The molecule has 1 amide bonds. The standard InChI is InChI=1S/C17H14N4O/c18-8-10-3-4-15-13(6-10)14(17(22)21-15)7-11-9-20-16-12(11)2-1-5-19-16/h1-7,9H,8,18H2,(H,19,20)(H,21,22)/b14-7+. The summed E-state index contributed by atoms with van der Waals surface area (Å²) in [6, 6.07) is 9.65. The number of benzene rings is 1. The summed E-state index contributed by atoms with van der Waals surface area (Å²) in [6.45, 7) is 0.450. The second kappa shape index (κ2) is 4.82. The highest BCUT2D eigenvalue weighted by molar-refractivity contribution is 6.35. The first kappa shape index (κ1) is 12.8. The molecule has 0 saturated carbocycles. The number of carbonyl (C=O) groups excluding carboxylic acids is 1. The number of carbonyl (C=O) groups is 1. The van der Waals surface area contributed by atoms with Crippen LogP contribution in [0.1, 0.15) is 16.7 Å². The Balaban J connectivity index is 1.88. The number of fused-ring (bicyclic) bond motifs is 2. The highest BCUT2D eigenvalue weighted by Crippen LogP contribution is 2.34. The van der Waals surface area contributed by atoms with Crippen molar-refractivity contribution in [3.63, 3.8) is 0 Å². The molecule has 0 spiro atoms. The third-order valence-electron chi connectivity index (χ3n) is 3.89. The van der Waals surface area contributed by atoms with Crippen LogP contribution in [0.5, 0.6) is 0 Å². The number of nitrogens with two attached hydrogens (primary N) is 1. The number of hydrogen-bond donors (Lipinski definition) is 3. The number of anilines is 1. The number of nitrogens with one attached hydrogen (secondary N) is 2. The van der Waals surface area contributed by atoms with Gasteiger partial charge in [0.1, 0.15) is 5.65 Å². The average molecular weight is 290 g/mol. The lowest BCUT2D eigenvalue weighted by Crippen LogP contribution is -2.03. The molecular formula is C17H14N4O. The van der Waals surface area contributed by atoms with Crippen LogP contribution in [0.4, 0.5) is 5.69 Å². The zero-order valence-corrected chi connectivity index (χ0v) is 11.8. The van der Waals surface area contributed by atoms with E-state index >= 15 is 0 Å². The molecule has 4 N–H and O–H groups in total. The fourth-order valence-corrected chi connectivity index (χ4v) is 2.76. The molecule has 22 heavy (non-hydrogen) atoms. The van der Waals surface area contributed by atoms with Gasteiger partial charge in [0.05, 0.1) is 0 Å². The Morgan fingerprint density at radius 3 is 3.05 bits per heavy atom. The highest BCUT2D eigenvalue weighted by Gasteiger charge is 2.24. The van der Waals surface area contributed by atoms with Gasteiger partial charge in [-0.15, -0.1) is 0 Å². The number of aromatic nitrogens is 2. The van der Waals surface area contributed by atoms with E-state index in [0.29, 0.717) is 12.1 Å². The molecule has 0 atom stereocenters. The van der Waals surface area contributed by atoms with Crippen LogP contribution in [0, 0.1) is 0 Å². The summed E-state index contributed by atoms with van der Waals surface area (Å²) < 4.78 is 0. The van der Waals surface area contributed by atoms with Crippen molar-refractivity contribution >= 4 is 34.3 Å². The van der Waals surface area contributed by atoms with E-state index in [1.165, 1.54) is 0 Å². The lowest BCUT2D eigenvalue weighted by Gasteiger charge is -2.02. The molecular weight excluding hydrogens is 276 g/mol. The molecule has 0 bridgehead atoms. The molecule has 0 aliphatic carbocycles. The SMILES string of the molecule is NCc1ccc2c(c1)/C(=C\c1c[nH]c3ncccc13)C(=O)N2.